The maximum absolute atomic E-state index is 5.27. The quantitative estimate of drug-likeness (QED) is 0.398. The maximum Gasteiger partial charge on any atom is 0.111 e. The molecule has 0 radical (unpaired) electrons. The number of ether oxygens (including phenoxy) is 3. The largest absolute Gasteiger partial charge is 0.499 e. The van der Waals surface area contributed by atoms with Gasteiger partial charge in [0.25, 0.3) is 0 Å². The summed E-state index contributed by atoms with van der Waals surface area (Å²) in [6.45, 7) is 10.6. The normalized spacial score (nSPS) is 10.1. The van der Waals surface area contributed by atoms with Crippen molar-refractivity contribution in [3.63, 3.8) is 0 Å². The Morgan fingerprint density at radius 1 is 1.07 bits per heavy atom. The van der Waals surface area contributed by atoms with E-state index in [2.05, 4.69) is 11.9 Å². The second kappa shape index (κ2) is 12.4. The average molecular weight is 203 g/mol. The molecule has 0 aliphatic rings. The van der Waals surface area contributed by atoms with Gasteiger partial charge in [0.2, 0.25) is 0 Å². The summed E-state index contributed by atoms with van der Waals surface area (Å²) in [5.41, 5.74) is 0. The van der Waals surface area contributed by atoms with E-state index < -0.39 is 0 Å². The Balaban J connectivity index is 2.81. The molecule has 0 saturated heterocycles. The van der Waals surface area contributed by atoms with E-state index in [9.17, 15) is 0 Å². The number of hydrogen-bond acceptors (Lipinski definition) is 4. The Morgan fingerprint density at radius 3 is 2.43 bits per heavy atom. The van der Waals surface area contributed by atoms with E-state index in [0.29, 0.717) is 19.8 Å². The molecule has 0 rings (SSSR count). The zero-order valence-electron chi connectivity index (χ0n) is 8.96. The lowest BCUT2D eigenvalue weighted by molar-refractivity contribution is 0.0847. The minimum absolute atomic E-state index is 0.572. The molecule has 0 atom stereocenters. The standard InChI is InChI=1S/C10H21NO3/c1-3-12-7-5-11-6-8-14-10-9-13-4-2/h4,11H,2-3,5-10H2,1H3. The van der Waals surface area contributed by atoms with Crippen LogP contribution in [0.5, 0.6) is 0 Å². The molecule has 0 bridgehead atoms. The van der Waals surface area contributed by atoms with Gasteiger partial charge in [0.05, 0.1) is 26.1 Å². The van der Waals surface area contributed by atoms with Crippen molar-refractivity contribution in [3.8, 4) is 0 Å². The third kappa shape index (κ3) is 11.4. The van der Waals surface area contributed by atoms with Crippen molar-refractivity contribution in [1.29, 1.82) is 0 Å². The first-order valence-corrected chi connectivity index (χ1v) is 5.00. The summed E-state index contributed by atoms with van der Waals surface area (Å²) in [6.07, 6.45) is 1.42. The number of rotatable bonds is 11. The molecule has 4 heteroatoms. The summed E-state index contributed by atoms with van der Waals surface area (Å²) in [6, 6.07) is 0. The van der Waals surface area contributed by atoms with Crippen LogP contribution in [0.4, 0.5) is 0 Å². The zero-order valence-corrected chi connectivity index (χ0v) is 8.96. The predicted octanol–water partition coefficient (Wildman–Crippen LogP) is 0.789. The van der Waals surface area contributed by atoms with Gasteiger partial charge < -0.3 is 19.5 Å². The third-order valence-electron chi connectivity index (χ3n) is 1.51. The van der Waals surface area contributed by atoms with Gasteiger partial charge in [0, 0.05) is 19.7 Å². The van der Waals surface area contributed by atoms with Gasteiger partial charge >= 0.3 is 0 Å². The Morgan fingerprint density at radius 2 is 1.79 bits per heavy atom. The number of nitrogens with one attached hydrogen (secondary N) is 1. The fourth-order valence-electron chi connectivity index (χ4n) is 0.850. The fourth-order valence-corrected chi connectivity index (χ4v) is 0.850. The van der Waals surface area contributed by atoms with E-state index in [1.807, 2.05) is 6.92 Å². The molecule has 0 aromatic rings. The molecule has 0 unspecified atom stereocenters. The highest BCUT2D eigenvalue weighted by molar-refractivity contribution is 4.48. The summed E-state index contributed by atoms with van der Waals surface area (Å²) >= 11 is 0. The topological polar surface area (TPSA) is 39.7 Å². The van der Waals surface area contributed by atoms with Crippen LogP contribution in [-0.4, -0.2) is 46.1 Å². The monoisotopic (exact) mass is 203 g/mol. The van der Waals surface area contributed by atoms with Crippen molar-refractivity contribution in [2.75, 3.05) is 46.1 Å². The van der Waals surface area contributed by atoms with Gasteiger partial charge in [0.15, 0.2) is 0 Å². The van der Waals surface area contributed by atoms with Crippen LogP contribution in [0, 0.1) is 0 Å². The number of hydrogen-bond donors (Lipinski definition) is 1. The molecule has 0 heterocycles. The van der Waals surface area contributed by atoms with Crippen molar-refractivity contribution in [2.45, 2.75) is 6.92 Å². The van der Waals surface area contributed by atoms with Gasteiger partial charge in [-0.15, -0.1) is 0 Å². The Bertz CT molecular complexity index is 120. The SMILES string of the molecule is C=COCCOCCNCCOCC. The summed E-state index contributed by atoms with van der Waals surface area (Å²) in [5.74, 6) is 0. The van der Waals surface area contributed by atoms with Crippen molar-refractivity contribution < 1.29 is 14.2 Å². The minimum atomic E-state index is 0.572. The molecule has 1 N–H and O–H groups in total. The van der Waals surface area contributed by atoms with Crippen LogP contribution in [0.3, 0.4) is 0 Å². The lowest BCUT2D eigenvalue weighted by atomic mass is 10.6. The lowest BCUT2D eigenvalue weighted by Gasteiger charge is -2.05. The first kappa shape index (κ1) is 13.4. The molecule has 0 fully saturated rings. The highest BCUT2D eigenvalue weighted by Crippen LogP contribution is 1.77. The first-order chi connectivity index (χ1) is 6.91. The Hall–Kier alpha value is -0.580. The highest BCUT2D eigenvalue weighted by Gasteiger charge is 1.89. The molecule has 0 aromatic heterocycles. The molecule has 0 amide bonds. The van der Waals surface area contributed by atoms with Gasteiger partial charge in [-0.2, -0.15) is 0 Å². The van der Waals surface area contributed by atoms with E-state index in [0.717, 1.165) is 26.3 Å². The van der Waals surface area contributed by atoms with E-state index in [4.69, 9.17) is 14.2 Å². The van der Waals surface area contributed by atoms with Gasteiger partial charge in [0.1, 0.15) is 6.61 Å². The van der Waals surface area contributed by atoms with Crippen LogP contribution in [0.15, 0.2) is 12.8 Å². The summed E-state index contributed by atoms with van der Waals surface area (Å²) < 4.78 is 15.3. The fraction of sp³-hybridized carbons (Fsp3) is 0.800. The van der Waals surface area contributed by atoms with Gasteiger partial charge in [-0.25, -0.2) is 0 Å². The summed E-state index contributed by atoms with van der Waals surface area (Å²) in [5, 5.41) is 3.20. The van der Waals surface area contributed by atoms with E-state index in [1.165, 1.54) is 6.26 Å². The summed E-state index contributed by atoms with van der Waals surface area (Å²) in [4.78, 5) is 0. The Labute approximate surface area is 86.2 Å². The molecule has 0 aromatic carbocycles. The zero-order chi connectivity index (χ0) is 10.5. The van der Waals surface area contributed by atoms with Crippen LogP contribution in [0.2, 0.25) is 0 Å². The van der Waals surface area contributed by atoms with Crippen LogP contribution in [0.1, 0.15) is 6.92 Å². The third-order valence-corrected chi connectivity index (χ3v) is 1.51. The highest BCUT2D eigenvalue weighted by atomic mass is 16.5. The minimum Gasteiger partial charge on any atom is -0.499 e. The van der Waals surface area contributed by atoms with Crippen molar-refractivity contribution >= 4 is 0 Å². The maximum atomic E-state index is 5.27. The van der Waals surface area contributed by atoms with Crippen LogP contribution in [-0.2, 0) is 14.2 Å². The van der Waals surface area contributed by atoms with Crippen LogP contribution < -0.4 is 5.32 Å². The van der Waals surface area contributed by atoms with Gasteiger partial charge in [-0.05, 0) is 6.92 Å². The molecule has 0 spiro atoms. The lowest BCUT2D eigenvalue weighted by Crippen LogP contribution is -2.24. The van der Waals surface area contributed by atoms with Crippen molar-refractivity contribution in [1.82, 2.24) is 5.32 Å². The second-order valence-corrected chi connectivity index (χ2v) is 2.60. The van der Waals surface area contributed by atoms with E-state index >= 15 is 0 Å². The van der Waals surface area contributed by atoms with E-state index in [1.54, 1.807) is 0 Å². The summed E-state index contributed by atoms with van der Waals surface area (Å²) in [7, 11) is 0. The molecule has 14 heavy (non-hydrogen) atoms. The molecule has 84 valence electrons. The molecular formula is C10H21NO3. The molecule has 4 nitrogen and oxygen atoms in total. The van der Waals surface area contributed by atoms with Crippen molar-refractivity contribution in [2.24, 2.45) is 0 Å². The molecule has 0 aliphatic carbocycles. The first-order valence-electron chi connectivity index (χ1n) is 5.00. The van der Waals surface area contributed by atoms with Crippen LogP contribution in [0.25, 0.3) is 0 Å². The average Bonchev–Trinajstić information content (AvgIpc) is 2.21. The smallest absolute Gasteiger partial charge is 0.111 e. The predicted molar refractivity (Wildman–Crippen MR) is 56.3 cm³/mol. The van der Waals surface area contributed by atoms with Gasteiger partial charge in [-0.1, -0.05) is 6.58 Å². The van der Waals surface area contributed by atoms with Gasteiger partial charge in [-0.3, -0.25) is 0 Å². The van der Waals surface area contributed by atoms with E-state index in [-0.39, 0.29) is 0 Å². The molecular weight excluding hydrogens is 182 g/mol. The molecule has 0 aliphatic heterocycles. The molecule has 0 saturated carbocycles. The second-order valence-electron chi connectivity index (χ2n) is 2.60. The Kier molecular flexibility index (Phi) is 11.9. The van der Waals surface area contributed by atoms with Crippen molar-refractivity contribution in [3.05, 3.63) is 12.8 Å². The van der Waals surface area contributed by atoms with Crippen LogP contribution >= 0.6 is 0 Å².